The predicted octanol–water partition coefficient (Wildman–Crippen LogP) is 6.15. The van der Waals surface area contributed by atoms with Crippen molar-refractivity contribution in [3.05, 3.63) is 89.1 Å². The molecule has 0 unspecified atom stereocenters. The minimum Gasteiger partial charge on any atom is -0.308 e. The number of anilines is 1. The number of aryl methyl sites for hydroxylation is 2. The third kappa shape index (κ3) is 5.13. The van der Waals surface area contributed by atoms with Crippen LogP contribution in [0.5, 0.6) is 0 Å². The second-order valence-electron chi connectivity index (χ2n) is 9.49. The fraction of sp³-hybridized carbons (Fsp3) is 0.333. The van der Waals surface area contributed by atoms with Crippen molar-refractivity contribution in [3.63, 3.8) is 0 Å². The summed E-state index contributed by atoms with van der Waals surface area (Å²) >= 11 is 0. The maximum Gasteiger partial charge on any atom is 0.259 e. The van der Waals surface area contributed by atoms with Crippen LogP contribution in [-0.4, -0.2) is 42.0 Å². The van der Waals surface area contributed by atoms with Gasteiger partial charge < -0.3 is 9.80 Å². The Morgan fingerprint density at radius 2 is 1.79 bits per heavy atom. The van der Waals surface area contributed by atoms with Crippen LogP contribution in [0.2, 0.25) is 0 Å². The maximum absolute atomic E-state index is 13.3. The zero-order valence-electron chi connectivity index (χ0n) is 20.0. The van der Waals surface area contributed by atoms with E-state index >= 15 is 0 Å². The van der Waals surface area contributed by atoms with Gasteiger partial charge in [0.15, 0.2) is 0 Å². The van der Waals surface area contributed by atoms with Crippen LogP contribution in [0, 0.1) is 6.92 Å². The minimum absolute atomic E-state index is 0.0258. The van der Waals surface area contributed by atoms with Crippen LogP contribution in [0.4, 0.5) is 5.69 Å². The van der Waals surface area contributed by atoms with E-state index in [9.17, 15) is 4.79 Å². The number of amides is 1. The van der Waals surface area contributed by atoms with Crippen LogP contribution >= 0.6 is 0 Å². The van der Waals surface area contributed by atoms with Crippen molar-refractivity contribution >= 4 is 17.7 Å². The average molecular weight is 452 g/mol. The second kappa shape index (κ2) is 10.4. The maximum atomic E-state index is 13.3. The number of benzene rings is 2. The standard InChI is InChI=1S/C30H33N3O/c1-23-9-12-25(13-10-23)28-15-14-27(22-31-28)30(34)33-20-6-8-26-21-24(11-16-29(26)33)7-2-3-17-32-18-4-5-19-32/h2,7,9-16,21-22H,3-6,8,17-20H2,1H3/b7-2+. The van der Waals surface area contributed by atoms with Crippen molar-refractivity contribution in [2.75, 3.05) is 31.1 Å². The van der Waals surface area contributed by atoms with Gasteiger partial charge in [-0.2, -0.15) is 0 Å². The molecule has 0 radical (unpaired) electrons. The Hall–Kier alpha value is -3.24. The second-order valence-corrected chi connectivity index (χ2v) is 9.49. The molecule has 2 aliphatic rings. The summed E-state index contributed by atoms with van der Waals surface area (Å²) < 4.78 is 0. The summed E-state index contributed by atoms with van der Waals surface area (Å²) in [6.45, 7) is 6.47. The SMILES string of the molecule is Cc1ccc(-c2ccc(C(=O)N3CCCc4cc(/C=C/CCN5CCCC5)ccc43)cn2)cc1. The number of carbonyl (C=O) groups excluding carboxylic acids is 1. The van der Waals surface area contributed by atoms with E-state index in [4.69, 9.17) is 0 Å². The summed E-state index contributed by atoms with van der Waals surface area (Å²) in [4.78, 5) is 22.4. The third-order valence-corrected chi connectivity index (χ3v) is 6.95. The molecule has 0 atom stereocenters. The molecular weight excluding hydrogens is 418 g/mol. The Labute approximate surface area is 202 Å². The molecule has 1 fully saturated rings. The van der Waals surface area contributed by atoms with E-state index in [2.05, 4.69) is 71.4 Å². The van der Waals surface area contributed by atoms with Gasteiger partial charge in [-0.3, -0.25) is 9.78 Å². The Kier molecular flexibility index (Phi) is 6.87. The van der Waals surface area contributed by atoms with Gasteiger partial charge in [0.05, 0.1) is 11.3 Å². The van der Waals surface area contributed by atoms with Crippen molar-refractivity contribution in [3.8, 4) is 11.3 Å². The van der Waals surface area contributed by atoms with Gasteiger partial charge in [-0.15, -0.1) is 0 Å². The van der Waals surface area contributed by atoms with Gasteiger partial charge in [-0.25, -0.2) is 0 Å². The first kappa shape index (κ1) is 22.5. The normalized spacial score (nSPS) is 16.2. The summed E-state index contributed by atoms with van der Waals surface area (Å²) in [5, 5.41) is 0. The number of nitrogens with zero attached hydrogens (tertiary/aromatic N) is 3. The Bertz CT molecular complexity index is 1160. The van der Waals surface area contributed by atoms with Crippen LogP contribution < -0.4 is 4.90 Å². The molecule has 4 heteroatoms. The highest BCUT2D eigenvalue weighted by molar-refractivity contribution is 6.06. The van der Waals surface area contributed by atoms with Crippen LogP contribution in [-0.2, 0) is 6.42 Å². The molecule has 34 heavy (non-hydrogen) atoms. The lowest BCUT2D eigenvalue weighted by Gasteiger charge is -2.30. The molecule has 2 aromatic carbocycles. The first-order chi connectivity index (χ1) is 16.7. The zero-order chi connectivity index (χ0) is 23.3. The quantitative estimate of drug-likeness (QED) is 0.451. The van der Waals surface area contributed by atoms with Gasteiger partial charge in [0, 0.05) is 30.5 Å². The minimum atomic E-state index is 0.0258. The Morgan fingerprint density at radius 1 is 0.971 bits per heavy atom. The molecule has 3 aromatic rings. The number of hydrogen-bond acceptors (Lipinski definition) is 3. The molecule has 0 N–H and O–H groups in total. The van der Waals surface area contributed by atoms with Crippen molar-refractivity contribution in [1.29, 1.82) is 0 Å². The van der Waals surface area contributed by atoms with Crippen LogP contribution in [0.15, 0.2) is 66.9 Å². The lowest BCUT2D eigenvalue weighted by atomic mass is 9.98. The summed E-state index contributed by atoms with van der Waals surface area (Å²) in [6.07, 6.45) is 12.0. The van der Waals surface area contributed by atoms with Gasteiger partial charge >= 0.3 is 0 Å². The molecule has 1 saturated heterocycles. The molecule has 2 aliphatic heterocycles. The van der Waals surface area contributed by atoms with Gasteiger partial charge in [-0.05, 0) is 87.5 Å². The number of hydrogen-bond donors (Lipinski definition) is 0. The molecule has 4 nitrogen and oxygen atoms in total. The van der Waals surface area contributed by atoms with Gasteiger partial charge in [0.1, 0.15) is 0 Å². The van der Waals surface area contributed by atoms with E-state index < -0.39 is 0 Å². The number of fused-ring (bicyclic) bond motifs is 1. The number of carbonyl (C=O) groups is 1. The third-order valence-electron chi connectivity index (χ3n) is 6.95. The molecule has 0 spiro atoms. The van der Waals surface area contributed by atoms with Gasteiger partial charge in [-0.1, -0.05) is 48.0 Å². The summed E-state index contributed by atoms with van der Waals surface area (Å²) in [6, 6.07) is 18.6. The number of aromatic nitrogens is 1. The fourth-order valence-electron chi connectivity index (χ4n) is 4.99. The van der Waals surface area contributed by atoms with Gasteiger partial charge in [0.2, 0.25) is 0 Å². The van der Waals surface area contributed by atoms with E-state index in [-0.39, 0.29) is 5.91 Å². The van der Waals surface area contributed by atoms with Gasteiger partial charge in [0.25, 0.3) is 5.91 Å². The first-order valence-corrected chi connectivity index (χ1v) is 12.5. The van der Waals surface area contributed by atoms with E-state index in [0.29, 0.717) is 5.56 Å². The van der Waals surface area contributed by atoms with Crippen molar-refractivity contribution in [2.24, 2.45) is 0 Å². The highest BCUT2D eigenvalue weighted by atomic mass is 16.2. The predicted molar refractivity (Wildman–Crippen MR) is 140 cm³/mol. The number of rotatable bonds is 6. The van der Waals surface area contributed by atoms with E-state index in [1.54, 1.807) is 6.20 Å². The lowest BCUT2D eigenvalue weighted by Crippen LogP contribution is -2.35. The molecule has 5 rings (SSSR count). The van der Waals surface area contributed by atoms with E-state index in [0.717, 1.165) is 49.3 Å². The largest absolute Gasteiger partial charge is 0.308 e. The fourth-order valence-corrected chi connectivity index (χ4v) is 4.99. The lowest BCUT2D eigenvalue weighted by molar-refractivity contribution is 0.0985. The Balaban J connectivity index is 1.27. The van der Waals surface area contributed by atoms with Crippen molar-refractivity contribution in [1.82, 2.24) is 9.88 Å². The number of pyridine rings is 1. The summed E-state index contributed by atoms with van der Waals surface area (Å²) in [5.41, 5.74) is 7.32. The molecule has 1 aromatic heterocycles. The van der Waals surface area contributed by atoms with Crippen molar-refractivity contribution in [2.45, 2.75) is 39.0 Å². The zero-order valence-corrected chi connectivity index (χ0v) is 20.0. The highest BCUT2D eigenvalue weighted by Crippen LogP contribution is 2.30. The highest BCUT2D eigenvalue weighted by Gasteiger charge is 2.24. The van der Waals surface area contributed by atoms with E-state index in [1.807, 2.05) is 17.0 Å². The topological polar surface area (TPSA) is 36.4 Å². The Morgan fingerprint density at radius 3 is 2.56 bits per heavy atom. The first-order valence-electron chi connectivity index (χ1n) is 12.5. The number of likely N-dealkylation sites (tertiary alicyclic amines) is 1. The molecule has 3 heterocycles. The average Bonchev–Trinajstić information content (AvgIpc) is 3.40. The summed E-state index contributed by atoms with van der Waals surface area (Å²) in [7, 11) is 0. The van der Waals surface area contributed by atoms with Crippen LogP contribution in [0.3, 0.4) is 0 Å². The molecule has 0 bridgehead atoms. The molecule has 174 valence electrons. The monoisotopic (exact) mass is 451 g/mol. The molecule has 1 amide bonds. The smallest absolute Gasteiger partial charge is 0.259 e. The molecule has 0 aliphatic carbocycles. The summed E-state index contributed by atoms with van der Waals surface area (Å²) in [5.74, 6) is 0.0258. The molecule has 0 saturated carbocycles. The van der Waals surface area contributed by atoms with Crippen LogP contribution in [0.1, 0.15) is 52.7 Å². The molecular formula is C30H33N3O. The van der Waals surface area contributed by atoms with Crippen LogP contribution in [0.25, 0.3) is 17.3 Å². The van der Waals surface area contributed by atoms with E-state index in [1.165, 1.54) is 42.6 Å². The van der Waals surface area contributed by atoms with Crippen molar-refractivity contribution < 1.29 is 4.79 Å².